The van der Waals surface area contributed by atoms with Crippen molar-refractivity contribution in [1.29, 1.82) is 5.26 Å². The fourth-order valence-corrected chi connectivity index (χ4v) is 7.67. The molecule has 3 atom stereocenters. The number of carbonyl (C=O) groups is 1. The number of nitriles is 1. The number of pyridine rings is 1. The van der Waals surface area contributed by atoms with E-state index in [1.807, 2.05) is 17.0 Å². The minimum absolute atomic E-state index is 0.157. The van der Waals surface area contributed by atoms with Gasteiger partial charge in [-0.05, 0) is 88.5 Å². The van der Waals surface area contributed by atoms with E-state index in [-0.39, 0.29) is 12.1 Å². The third-order valence-corrected chi connectivity index (χ3v) is 9.01. The van der Waals surface area contributed by atoms with E-state index in [9.17, 15) is 20.3 Å². The molecule has 0 aliphatic heterocycles. The average molecular weight is 533 g/mol. The SMILES string of the molecule is CC(C)(O)[C@H](F)CN(c1cc(-c2ccc3cc(C#N)cnn23)ncc1C(N)=O)C12C[C@@H]3C[C@H](CC(O)(C3)C1)C2. The van der Waals surface area contributed by atoms with Gasteiger partial charge in [0.1, 0.15) is 12.2 Å². The molecule has 39 heavy (non-hydrogen) atoms. The molecule has 4 bridgehead atoms. The van der Waals surface area contributed by atoms with Crippen LogP contribution in [0.2, 0.25) is 0 Å². The first-order chi connectivity index (χ1) is 18.4. The normalized spacial score (nSPS) is 28.4. The lowest BCUT2D eigenvalue weighted by Crippen LogP contribution is -2.67. The Morgan fingerprint density at radius 2 is 2.00 bits per heavy atom. The summed E-state index contributed by atoms with van der Waals surface area (Å²) >= 11 is 0. The van der Waals surface area contributed by atoms with E-state index in [4.69, 9.17) is 5.73 Å². The number of hydrogen-bond acceptors (Lipinski definition) is 7. The summed E-state index contributed by atoms with van der Waals surface area (Å²) in [5.41, 5.74) is 5.67. The van der Waals surface area contributed by atoms with Crippen LogP contribution in [-0.4, -0.2) is 60.2 Å². The van der Waals surface area contributed by atoms with Crippen LogP contribution in [0, 0.1) is 23.2 Å². The molecule has 9 nitrogen and oxygen atoms in total. The van der Waals surface area contributed by atoms with Crippen molar-refractivity contribution in [2.24, 2.45) is 17.6 Å². The smallest absolute Gasteiger partial charge is 0.252 e. The maximum atomic E-state index is 15.7. The van der Waals surface area contributed by atoms with Crippen LogP contribution < -0.4 is 10.6 Å². The number of amides is 1. The van der Waals surface area contributed by atoms with Gasteiger partial charge in [-0.2, -0.15) is 10.4 Å². The molecule has 204 valence electrons. The highest BCUT2D eigenvalue weighted by molar-refractivity contribution is 5.99. The largest absolute Gasteiger partial charge is 0.390 e. The number of anilines is 1. The predicted molar refractivity (Wildman–Crippen MR) is 143 cm³/mol. The highest BCUT2D eigenvalue weighted by Crippen LogP contribution is 2.60. The molecule has 0 radical (unpaired) electrons. The lowest BCUT2D eigenvalue weighted by Gasteiger charge is -2.64. The standard InChI is InChI=1S/C29H33FN6O3/c1-27(2,38)25(30)15-35(28-8-17-5-18(9-28)11-29(39,10-17)16-28)24-7-22(33-14-21(24)26(32)37)23-4-3-20-6-19(12-31)13-34-36(20)23/h3-4,6-7,13-14,17-18,25,38-39H,5,8-11,15-16H2,1-2H3,(H2,32,37)/t17-,18-,25+,28?,29?/m0/s1. The number of halogens is 1. The Kier molecular flexibility index (Phi) is 5.76. The highest BCUT2D eigenvalue weighted by atomic mass is 19.1. The van der Waals surface area contributed by atoms with E-state index in [1.54, 1.807) is 16.6 Å². The summed E-state index contributed by atoms with van der Waals surface area (Å²) in [7, 11) is 0. The Morgan fingerprint density at radius 1 is 1.28 bits per heavy atom. The second-order valence-electron chi connectivity index (χ2n) is 12.5. The number of aromatic nitrogens is 3. The van der Waals surface area contributed by atoms with E-state index < -0.39 is 28.8 Å². The Hall–Kier alpha value is -3.55. The molecule has 0 saturated heterocycles. The number of aliphatic hydroxyl groups is 2. The molecule has 3 aromatic rings. The maximum absolute atomic E-state index is 15.7. The van der Waals surface area contributed by atoms with E-state index in [2.05, 4.69) is 16.2 Å². The Labute approximate surface area is 226 Å². The fraction of sp³-hybridized carbons (Fsp3) is 0.517. The average Bonchev–Trinajstić information content (AvgIpc) is 3.27. The van der Waals surface area contributed by atoms with Gasteiger partial charge in [-0.15, -0.1) is 0 Å². The minimum atomic E-state index is -1.63. The number of primary amides is 1. The summed E-state index contributed by atoms with van der Waals surface area (Å²) in [4.78, 5) is 19.1. The maximum Gasteiger partial charge on any atom is 0.252 e. The van der Waals surface area contributed by atoms with Crippen molar-refractivity contribution in [3.8, 4) is 17.5 Å². The summed E-state index contributed by atoms with van der Waals surface area (Å²) in [6.45, 7) is 2.70. The zero-order valence-electron chi connectivity index (χ0n) is 22.1. The molecule has 1 amide bonds. The molecule has 4 fully saturated rings. The Bertz CT molecular complexity index is 1490. The van der Waals surface area contributed by atoms with Crippen LogP contribution >= 0.6 is 0 Å². The van der Waals surface area contributed by atoms with Gasteiger partial charge in [0.15, 0.2) is 0 Å². The third-order valence-electron chi connectivity index (χ3n) is 9.01. The van der Waals surface area contributed by atoms with Gasteiger partial charge >= 0.3 is 0 Å². The topological polar surface area (TPSA) is 141 Å². The summed E-state index contributed by atoms with van der Waals surface area (Å²) in [6, 6.07) is 9.19. The van der Waals surface area contributed by atoms with Crippen molar-refractivity contribution in [2.75, 3.05) is 11.4 Å². The van der Waals surface area contributed by atoms with Crippen LogP contribution in [0.15, 0.2) is 36.7 Å². The Morgan fingerprint density at radius 3 is 2.62 bits per heavy atom. The summed E-state index contributed by atoms with van der Waals surface area (Å²) in [6.07, 6.45) is 5.77. The number of fused-ring (bicyclic) bond motifs is 1. The van der Waals surface area contributed by atoms with Gasteiger partial charge in [0.2, 0.25) is 0 Å². The zero-order chi connectivity index (χ0) is 27.7. The molecule has 4 aliphatic carbocycles. The van der Waals surface area contributed by atoms with Gasteiger partial charge in [0.25, 0.3) is 5.91 Å². The van der Waals surface area contributed by atoms with Crippen molar-refractivity contribution < 1.29 is 19.4 Å². The van der Waals surface area contributed by atoms with E-state index in [1.165, 1.54) is 26.2 Å². The van der Waals surface area contributed by atoms with Gasteiger partial charge in [-0.3, -0.25) is 9.78 Å². The monoisotopic (exact) mass is 532 g/mol. The second kappa shape index (κ2) is 8.73. The molecule has 4 N–H and O–H groups in total. The van der Waals surface area contributed by atoms with E-state index in [0.717, 1.165) is 32.1 Å². The van der Waals surface area contributed by atoms with Crippen LogP contribution in [0.3, 0.4) is 0 Å². The minimum Gasteiger partial charge on any atom is -0.390 e. The number of nitrogens with two attached hydrogens (primary N) is 1. The fourth-order valence-electron chi connectivity index (χ4n) is 7.67. The van der Waals surface area contributed by atoms with Crippen molar-refractivity contribution in [2.45, 2.75) is 75.3 Å². The first-order valence-corrected chi connectivity index (χ1v) is 13.4. The summed E-state index contributed by atoms with van der Waals surface area (Å²) in [5, 5.41) is 35.7. The lowest BCUT2D eigenvalue weighted by atomic mass is 9.50. The van der Waals surface area contributed by atoms with Gasteiger partial charge in [-0.1, -0.05) is 0 Å². The molecule has 10 heteroatoms. The first kappa shape index (κ1) is 25.7. The van der Waals surface area contributed by atoms with Crippen molar-refractivity contribution >= 4 is 17.1 Å². The van der Waals surface area contributed by atoms with Crippen LogP contribution in [-0.2, 0) is 0 Å². The molecule has 0 unspecified atom stereocenters. The van der Waals surface area contributed by atoms with Crippen LogP contribution in [0.25, 0.3) is 16.9 Å². The molecule has 4 saturated carbocycles. The van der Waals surface area contributed by atoms with Crippen LogP contribution in [0.4, 0.5) is 10.1 Å². The zero-order valence-corrected chi connectivity index (χ0v) is 22.1. The molecule has 4 aliphatic rings. The first-order valence-electron chi connectivity index (χ1n) is 13.4. The van der Waals surface area contributed by atoms with Crippen LogP contribution in [0.1, 0.15) is 68.3 Å². The van der Waals surface area contributed by atoms with E-state index in [0.29, 0.717) is 46.4 Å². The van der Waals surface area contributed by atoms with E-state index >= 15 is 4.39 Å². The van der Waals surface area contributed by atoms with Crippen molar-refractivity contribution in [3.63, 3.8) is 0 Å². The third kappa shape index (κ3) is 4.34. The van der Waals surface area contributed by atoms with Gasteiger partial charge in [0.05, 0.1) is 57.7 Å². The second-order valence-corrected chi connectivity index (χ2v) is 12.5. The number of alkyl halides is 1. The van der Waals surface area contributed by atoms with Gasteiger partial charge in [0, 0.05) is 11.7 Å². The van der Waals surface area contributed by atoms with Gasteiger partial charge in [-0.25, -0.2) is 8.91 Å². The number of nitrogens with zero attached hydrogens (tertiary/aromatic N) is 5. The summed E-state index contributed by atoms with van der Waals surface area (Å²) < 4.78 is 17.3. The molecule has 3 heterocycles. The highest BCUT2D eigenvalue weighted by Gasteiger charge is 2.60. The van der Waals surface area contributed by atoms with Crippen molar-refractivity contribution in [3.05, 3.63) is 47.8 Å². The quantitative estimate of drug-likeness (QED) is 0.424. The number of rotatable bonds is 7. The molecule has 7 rings (SSSR count). The lowest BCUT2D eigenvalue weighted by molar-refractivity contribution is -0.136. The molecule has 0 aromatic carbocycles. The van der Waals surface area contributed by atoms with Gasteiger partial charge < -0.3 is 20.8 Å². The number of hydrogen-bond donors (Lipinski definition) is 3. The molecular formula is C29H33FN6O3. The summed E-state index contributed by atoms with van der Waals surface area (Å²) in [5.74, 6) is -0.0660. The molecule has 0 spiro atoms. The number of carbonyl (C=O) groups excluding carboxylic acids is 1. The predicted octanol–water partition coefficient (Wildman–Crippen LogP) is 3.37. The molecular weight excluding hydrogens is 499 g/mol. The molecule has 3 aromatic heterocycles. The van der Waals surface area contributed by atoms with Crippen LogP contribution in [0.5, 0.6) is 0 Å². The Balaban J connectivity index is 1.51. The van der Waals surface area contributed by atoms with Crippen molar-refractivity contribution in [1.82, 2.24) is 14.6 Å².